The minimum Gasteiger partial charge on any atom is -0.497 e. The number of carbonyl (C=O) groups is 2. The number of ether oxygens (including phenoxy) is 2. The zero-order valence-electron chi connectivity index (χ0n) is 15.9. The van der Waals surface area contributed by atoms with Crippen LogP contribution in [0.3, 0.4) is 0 Å². The summed E-state index contributed by atoms with van der Waals surface area (Å²) in [5.41, 5.74) is 1.74. The molecule has 1 heterocycles. The highest BCUT2D eigenvalue weighted by molar-refractivity contribution is 6.30. The van der Waals surface area contributed by atoms with Gasteiger partial charge in [-0.25, -0.2) is 0 Å². The van der Waals surface area contributed by atoms with E-state index in [1.165, 1.54) is 0 Å². The van der Waals surface area contributed by atoms with Crippen LogP contribution in [0.25, 0.3) is 0 Å². The zero-order chi connectivity index (χ0) is 20.1. The molecule has 1 aliphatic heterocycles. The van der Waals surface area contributed by atoms with Crippen LogP contribution in [-0.4, -0.2) is 39.1 Å². The van der Waals surface area contributed by atoms with E-state index in [2.05, 4.69) is 5.32 Å². The Bertz CT molecular complexity index is 854. The molecular weight excluding hydrogens is 380 g/mol. The van der Waals surface area contributed by atoms with Gasteiger partial charge in [0.05, 0.1) is 25.8 Å². The molecular formula is C21H23ClN2O4. The highest BCUT2D eigenvalue weighted by Gasteiger charge is 2.36. The molecule has 2 aromatic carbocycles. The molecule has 1 aliphatic rings. The van der Waals surface area contributed by atoms with Gasteiger partial charge in [0.15, 0.2) is 0 Å². The third-order valence-corrected chi connectivity index (χ3v) is 5.05. The fraction of sp³-hybridized carbons (Fsp3) is 0.333. The summed E-state index contributed by atoms with van der Waals surface area (Å²) in [6, 6.07) is 12.8. The molecule has 0 spiro atoms. The monoisotopic (exact) mass is 402 g/mol. The van der Waals surface area contributed by atoms with E-state index in [-0.39, 0.29) is 24.2 Å². The van der Waals surface area contributed by atoms with Crippen molar-refractivity contribution in [2.24, 2.45) is 5.92 Å². The van der Waals surface area contributed by atoms with Gasteiger partial charge in [-0.1, -0.05) is 23.7 Å². The summed E-state index contributed by atoms with van der Waals surface area (Å²) in [7, 11) is 3.11. The van der Waals surface area contributed by atoms with Crippen LogP contribution >= 0.6 is 11.6 Å². The fourth-order valence-corrected chi connectivity index (χ4v) is 3.38. The van der Waals surface area contributed by atoms with Crippen molar-refractivity contribution in [3.05, 3.63) is 53.1 Å². The number of carbonyl (C=O) groups excluding carboxylic acids is 2. The summed E-state index contributed by atoms with van der Waals surface area (Å²) >= 11 is 5.88. The van der Waals surface area contributed by atoms with Crippen molar-refractivity contribution in [2.75, 3.05) is 32.2 Å². The predicted molar refractivity (Wildman–Crippen MR) is 108 cm³/mol. The summed E-state index contributed by atoms with van der Waals surface area (Å²) in [5, 5.41) is 3.61. The van der Waals surface area contributed by atoms with Crippen LogP contribution < -0.4 is 19.7 Å². The van der Waals surface area contributed by atoms with E-state index in [4.69, 9.17) is 21.1 Å². The van der Waals surface area contributed by atoms with Gasteiger partial charge >= 0.3 is 0 Å². The van der Waals surface area contributed by atoms with E-state index in [0.717, 1.165) is 5.56 Å². The third kappa shape index (κ3) is 4.57. The lowest BCUT2D eigenvalue weighted by atomic mass is 10.1. The SMILES string of the molecule is COc1ccc(N2C[C@H](C(=O)NCCc3ccc(Cl)cc3)CC2=O)c(OC)c1. The largest absolute Gasteiger partial charge is 0.497 e. The Morgan fingerprint density at radius 1 is 1.18 bits per heavy atom. The number of rotatable bonds is 7. The summed E-state index contributed by atoms with van der Waals surface area (Å²) in [4.78, 5) is 26.6. The minimum absolute atomic E-state index is 0.0960. The van der Waals surface area contributed by atoms with Crippen LogP contribution in [0.2, 0.25) is 5.02 Å². The first-order valence-electron chi connectivity index (χ1n) is 9.06. The van der Waals surface area contributed by atoms with Gasteiger partial charge in [-0.3, -0.25) is 9.59 Å². The smallest absolute Gasteiger partial charge is 0.227 e. The van der Waals surface area contributed by atoms with Gasteiger partial charge in [0.2, 0.25) is 11.8 Å². The number of hydrogen-bond donors (Lipinski definition) is 1. The second-order valence-corrected chi connectivity index (χ2v) is 7.05. The van der Waals surface area contributed by atoms with Crippen molar-refractivity contribution >= 4 is 29.1 Å². The Labute approximate surface area is 169 Å². The second-order valence-electron chi connectivity index (χ2n) is 6.61. The van der Waals surface area contributed by atoms with Gasteiger partial charge in [0.25, 0.3) is 0 Å². The molecule has 0 aliphatic carbocycles. The van der Waals surface area contributed by atoms with Gasteiger partial charge in [-0.2, -0.15) is 0 Å². The molecule has 3 rings (SSSR count). The van der Waals surface area contributed by atoms with Crippen molar-refractivity contribution in [3.8, 4) is 11.5 Å². The van der Waals surface area contributed by atoms with E-state index in [0.29, 0.717) is 41.7 Å². The summed E-state index contributed by atoms with van der Waals surface area (Å²) in [6.07, 6.45) is 0.890. The minimum atomic E-state index is -0.385. The van der Waals surface area contributed by atoms with Gasteiger partial charge in [0, 0.05) is 30.6 Å². The van der Waals surface area contributed by atoms with Crippen LogP contribution in [0, 0.1) is 5.92 Å². The van der Waals surface area contributed by atoms with Crippen LogP contribution in [0.5, 0.6) is 11.5 Å². The van der Waals surface area contributed by atoms with Crippen LogP contribution in [0.15, 0.2) is 42.5 Å². The van der Waals surface area contributed by atoms with Crippen molar-refractivity contribution in [3.63, 3.8) is 0 Å². The highest BCUT2D eigenvalue weighted by atomic mass is 35.5. The summed E-state index contributed by atoms with van der Waals surface area (Å²) < 4.78 is 10.6. The number of amides is 2. The Balaban J connectivity index is 1.59. The highest BCUT2D eigenvalue weighted by Crippen LogP contribution is 2.35. The standard InChI is InChI=1S/C21H23ClN2O4/c1-27-17-7-8-18(19(12-17)28-2)24-13-15(11-20(24)25)21(26)23-10-9-14-3-5-16(22)6-4-14/h3-8,12,15H,9-11,13H2,1-2H3,(H,23,26)/t15-/m1/s1. The van der Waals surface area contributed by atoms with Crippen LogP contribution in [0.4, 0.5) is 5.69 Å². The zero-order valence-corrected chi connectivity index (χ0v) is 16.7. The number of nitrogens with one attached hydrogen (secondary N) is 1. The lowest BCUT2D eigenvalue weighted by molar-refractivity contribution is -0.126. The first kappa shape index (κ1) is 20.0. The van der Waals surface area contributed by atoms with Gasteiger partial charge in [0.1, 0.15) is 11.5 Å². The molecule has 1 atom stereocenters. The molecule has 1 N–H and O–H groups in total. The average molecular weight is 403 g/mol. The number of anilines is 1. The van der Waals surface area contributed by atoms with Gasteiger partial charge < -0.3 is 19.7 Å². The summed E-state index contributed by atoms with van der Waals surface area (Å²) in [5.74, 6) is 0.586. The first-order chi connectivity index (χ1) is 13.5. The quantitative estimate of drug-likeness (QED) is 0.772. The maximum atomic E-state index is 12.5. The number of nitrogens with zero attached hydrogens (tertiary/aromatic N) is 1. The Hall–Kier alpha value is -2.73. The first-order valence-corrected chi connectivity index (χ1v) is 9.44. The van der Waals surface area contributed by atoms with Gasteiger partial charge in [-0.05, 0) is 36.2 Å². The molecule has 28 heavy (non-hydrogen) atoms. The number of hydrogen-bond acceptors (Lipinski definition) is 4. The molecule has 0 saturated carbocycles. The van der Waals surface area contributed by atoms with Crippen LogP contribution in [-0.2, 0) is 16.0 Å². The predicted octanol–water partition coefficient (Wildman–Crippen LogP) is 3.07. The molecule has 2 aromatic rings. The maximum Gasteiger partial charge on any atom is 0.227 e. The number of benzene rings is 2. The van der Waals surface area contributed by atoms with Gasteiger partial charge in [-0.15, -0.1) is 0 Å². The van der Waals surface area contributed by atoms with E-state index >= 15 is 0 Å². The average Bonchev–Trinajstić information content (AvgIpc) is 3.10. The van der Waals surface area contributed by atoms with Crippen molar-refractivity contribution in [2.45, 2.75) is 12.8 Å². The molecule has 1 fully saturated rings. The molecule has 0 aromatic heterocycles. The van der Waals surface area contributed by atoms with Crippen LogP contribution in [0.1, 0.15) is 12.0 Å². The fourth-order valence-electron chi connectivity index (χ4n) is 3.25. The molecule has 6 nitrogen and oxygen atoms in total. The topological polar surface area (TPSA) is 67.9 Å². The second kappa shape index (κ2) is 8.97. The molecule has 0 unspecified atom stereocenters. The Morgan fingerprint density at radius 2 is 1.93 bits per heavy atom. The number of methoxy groups -OCH3 is 2. The third-order valence-electron chi connectivity index (χ3n) is 4.80. The van der Waals surface area contributed by atoms with Crippen molar-refractivity contribution < 1.29 is 19.1 Å². The van der Waals surface area contributed by atoms with Crippen molar-refractivity contribution in [1.29, 1.82) is 0 Å². The molecule has 0 radical (unpaired) electrons. The Morgan fingerprint density at radius 3 is 2.61 bits per heavy atom. The molecule has 7 heteroatoms. The van der Waals surface area contributed by atoms with Crippen molar-refractivity contribution in [1.82, 2.24) is 5.32 Å². The molecule has 148 valence electrons. The molecule has 0 bridgehead atoms. The normalized spacial score (nSPS) is 16.2. The Kier molecular flexibility index (Phi) is 6.41. The molecule has 2 amide bonds. The van der Waals surface area contributed by atoms with E-state index in [1.54, 1.807) is 37.3 Å². The lowest BCUT2D eigenvalue weighted by Crippen LogP contribution is -2.34. The maximum absolute atomic E-state index is 12.5. The summed E-state index contributed by atoms with van der Waals surface area (Å²) in [6.45, 7) is 0.839. The van der Waals surface area contributed by atoms with E-state index < -0.39 is 0 Å². The van der Waals surface area contributed by atoms with E-state index in [1.807, 2.05) is 24.3 Å². The van der Waals surface area contributed by atoms with E-state index in [9.17, 15) is 9.59 Å². The lowest BCUT2D eigenvalue weighted by Gasteiger charge is -2.20. The number of halogens is 1. The molecule has 1 saturated heterocycles.